The maximum absolute atomic E-state index is 13.9. The minimum atomic E-state index is -3.87. The van der Waals surface area contributed by atoms with E-state index in [1.165, 1.54) is 11.8 Å². The molecule has 1 saturated heterocycles. The third kappa shape index (κ3) is 4.06. The van der Waals surface area contributed by atoms with Crippen molar-refractivity contribution in [3.8, 4) is 0 Å². The first-order valence-electron chi connectivity index (χ1n) is 4.67. The summed E-state index contributed by atoms with van der Waals surface area (Å²) >= 11 is -2.31. The number of hydrogen-bond acceptors (Lipinski definition) is 6. The number of nitrogens with zero attached hydrogens (tertiary/aromatic N) is 1. The molecule has 0 aromatic heterocycles. The van der Waals surface area contributed by atoms with Crippen molar-refractivity contribution in [1.29, 1.82) is 0 Å². The minimum Gasteiger partial charge on any atom is -0.771 e. The topological polar surface area (TPSA) is 86.7 Å². The highest BCUT2D eigenvalue weighted by Gasteiger charge is 2.42. The van der Waals surface area contributed by atoms with E-state index in [4.69, 9.17) is 0 Å². The van der Waals surface area contributed by atoms with Gasteiger partial charge in [-0.2, -0.15) is 8.42 Å². The van der Waals surface area contributed by atoms with Gasteiger partial charge >= 0.3 is 0 Å². The second-order valence-corrected chi connectivity index (χ2v) is 6.27. The molecule has 0 spiro atoms. The van der Waals surface area contributed by atoms with Crippen LogP contribution in [0.3, 0.4) is 0 Å². The molecular formula is C7H13FNO5S2-. The largest absolute Gasteiger partial charge is 0.771 e. The predicted molar refractivity (Wildman–Crippen MR) is 54.4 cm³/mol. The van der Waals surface area contributed by atoms with Crippen molar-refractivity contribution in [2.45, 2.75) is 19.2 Å². The van der Waals surface area contributed by atoms with Crippen molar-refractivity contribution in [3.05, 3.63) is 0 Å². The predicted octanol–water partition coefficient (Wildman–Crippen LogP) is -0.439. The van der Waals surface area contributed by atoms with Crippen molar-refractivity contribution >= 4 is 21.2 Å². The lowest BCUT2D eigenvalue weighted by molar-refractivity contribution is -0.0438. The summed E-state index contributed by atoms with van der Waals surface area (Å²) in [5.41, 5.74) is 0. The van der Waals surface area contributed by atoms with E-state index in [2.05, 4.69) is 4.18 Å². The first-order valence-corrected chi connectivity index (χ1v) is 7.49. The highest BCUT2D eigenvalue weighted by Crippen LogP contribution is 2.28. The fourth-order valence-electron chi connectivity index (χ4n) is 1.43. The average Bonchev–Trinajstić information content (AvgIpc) is 2.45. The monoisotopic (exact) mass is 274 g/mol. The quantitative estimate of drug-likeness (QED) is 0.499. The van der Waals surface area contributed by atoms with Crippen LogP contribution in [0, 0.1) is 0 Å². The van der Waals surface area contributed by atoms with Gasteiger partial charge in [0.15, 0.2) is 0 Å². The molecule has 0 bridgehead atoms. The van der Waals surface area contributed by atoms with Gasteiger partial charge in [0.2, 0.25) is 5.85 Å². The molecule has 0 aliphatic carbocycles. The van der Waals surface area contributed by atoms with Crippen molar-refractivity contribution < 1.29 is 25.8 Å². The van der Waals surface area contributed by atoms with Crippen LogP contribution in [0.15, 0.2) is 0 Å². The van der Waals surface area contributed by atoms with Crippen molar-refractivity contribution in [2.24, 2.45) is 0 Å². The van der Waals surface area contributed by atoms with Crippen LogP contribution in [0.25, 0.3) is 0 Å². The number of rotatable bonds is 5. The Morgan fingerprint density at radius 3 is 2.75 bits per heavy atom. The molecule has 1 aliphatic heterocycles. The maximum atomic E-state index is 13.9. The molecule has 0 amide bonds. The van der Waals surface area contributed by atoms with Crippen LogP contribution in [-0.2, 0) is 25.4 Å². The maximum Gasteiger partial charge on any atom is 0.270 e. The van der Waals surface area contributed by atoms with Crippen molar-refractivity contribution in [1.82, 2.24) is 4.90 Å². The van der Waals surface area contributed by atoms with Gasteiger partial charge in [-0.25, -0.2) is 8.57 Å². The average molecular weight is 274 g/mol. The Kier molecular flexibility index (Phi) is 4.41. The molecule has 1 heterocycles. The van der Waals surface area contributed by atoms with Gasteiger partial charge < -0.3 is 4.55 Å². The molecule has 0 saturated carbocycles. The number of halogens is 1. The van der Waals surface area contributed by atoms with Crippen LogP contribution in [0.2, 0.25) is 0 Å². The molecule has 0 radical (unpaired) electrons. The molecule has 6 nitrogen and oxygen atoms in total. The molecule has 2 unspecified atom stereocenters. The Hall–Kier alpha value is -0.0900. The Labute approximate surface area is 96.2 Å². The summed E-state index contributed by atoms with van der Waals surface area (Å²) in [6.07, 6.45) is -0.149. The lowest BCUT2D eigenvalue weighted by Crippen LogP contribution is -2.35. The molecular weight excluding hydrogens is 261 g/mol. The SMILES string of the molecule is CCS(=O)(=O)OC1(F)CCN(CS(=O)[O-])C1. The standard InChI is InChI=1S/C7H14FNO5S2/c1-2-16(12,13)14-7(8)3-4-9(5-7)6-15(10)11/h2-6H2,1H3,(H,10,11)/p-1. The van der Waals surface area contributed by atoms with Gasteiger partial charge in [0, 0.05) is 13.0 Å². The molecule has 0 aromatic carbocycles. The fraction of sp³-hybridized carbons (Fsp3) is 1.00. The van der Waals surface area contributed by atoms with Gasteiger partial charge in [-0.3, -0.25) is 9.11 Å². The van der Waals surface area contributed by atoms with E-state index in [-0.39, 0.29) is 31.1 Å². The fourth-order valence-corrected chi connectivity index (χ4v) is 2.66. The van der Waals surface area contributed by atoms with E-state index in [1.807, 2.05) is 0 Å². The van der Waals surface area contributed by atoms with Crippen LogP contribution in [-0.4, -0.2) is 52.7 Å². The first kappa shape index (κ1) is 14.0. The smallest absolute Gasteiger partial charge is 0.270 e. The minimum absolute atomic E-state index is 0.149. The Morgan fingerprint density at radius 2 is 2.25 bits per heavy atom. The van der Waals surface area contributed by atoms with Gasteiger partial charge in [-0.05, 0) is 18.0 Å². The molecule has 2 atom stereocenters. The zero-order chi connectivity index (χ0) is 12.4. The van der Waals surface area contributed by atoms with E-state index in [0.717, 1.165) is 0 Å². The number of hydrogen-bond donors (Lipinski definition) is 0. The number of likely N-dealkylation sites (tertiary alicyclic amines) is 1. The summed E-state index contributed by atoms with van der Waals surface area (Å²) in [6, 6.07) is 0. The van der Waals surface area contributed by atoms with Crippen LogP contribution in [0.4, 0.5) is 4.39 Å². The zero-order valence-corrected chi connectivity index (χ0v) is 10.4. The zero-order valence-electron chi connectivity index (χ0n) is 8.72. The van der Waals surface area contributed by atoms with E-state index in [0.29, 0.717) is 0 Å². The molecule has 16 heavy (non-hydrogen) atoms. The summed E-state index contributed by atoms with van der Waals surface area (Å²) in [7, 11) is -3.87. The molecule has 1 rings (SSSR count). The van der Waals surface area contributed by atoms with Gasteiger partial charge in [0.05, 0.1) is 18.2 Å². The van der Waals surface area contributed by atoms with Gasteiger partial charge in [-0.1, -0.05) is 0 Å². The van der Waals surface area contributed by atoms with E-state index >= 15 is 0 Å². The summed E-state index contributed by atoms with van der Waals surface area (Å²) in [6.45, 7) is 1.15. The molecule has 96 valence electrons. The highest BCUT2D eigenvalue weighted by molar-refractivity contribution is 7.86. The van der Waals surface area contributed by atoms with E-state index in [9.17, 15) is 21.6 Å². The Balaban J connectivity index is 2.59. The molecule has 0 aromatic rings. The van der Waals surface area contributed by atoms with Crippen LogP contribution < -0.4 is 0 Å². The van der Waals surface area contributed by atoms with E-state index < -0.39 is 27.1 Å². The van der Waals surface area contributed by atoms with Gasteiger partial charge in [0.1, 0.15) is 0 Å². The Morgan fingerprint density at radius 1 is 1.62 bits per heavy atom. The van der Waals surface area contributed by atoms with Crippen molar-refractivity contribution in [3.63, 3.8) is 0 Å². The third-order valence-corrected chi connectivity index (χ3v) is 4.01. The Bertz CT molecular complexity index is 373. The van der Waals surface area contributed by atoms with Gasteiger partial charge in [-0.15, -0.1) is 0 Å². The number of alkyl halides is 1. The summed E-state index contributed by atoms with van der Waals surface area (Å²) < 4.78 is 61.2. The van der Waals surface area contributed by atoms with Crippen LogP contribution in [0.1, 0.15) is 13.3 Å². The van der Waals surface area contributed by atoms with Crippen LogP contribution in [0.5, 0.6) is 0 Å². The lowest BCUT2D eigenvalue weighted by atomic mass is 10.3. The lowest BCUT2D eigenvalue weighted by Gasteiger charge is -2.21. The van der Waals surface area contributed by atoms with Crippen molar-refractivity contribution in [2.75, 3.05) is 24.7 Å². The highest BCUT2D eigenvalue weighted by atomic mass is 32.2. The summed E-state index contributed by atoms with van der Waals surface area (Å²) in [5.74, 6) is -2.93. The second kappa shape index (κ2) is 5.05. The van der Waals surface area contributed by atoms with E-state index in [1.54, 1.807) is 0 Å². The van der Waals surface area contributed by atoms with Gasteiger partial charge in [0.25, 0.3) is 10.1 Å². The normalized spacial score (nSPS) is 29.4. The summed E-state index contributed by atoms with van der Waals surface area (Å²) in [5, 5.41) is 0. The second-order valence-electron chi connectivity index (χ2n) is 3.55. The molecule has 0 N–H and O–H groups in total. The molecule has 1 fully saturated rings. The molecule has 9 heteroatoms. The van der Waals surface area contributed by atoms with Crippen LogP contribution >= 0.6 is 0 Å². The first-order chi connectivity index (χ1) is 7.26. The summed E-state index contributed by atoms with van der Waals surface area (Å²) in [4.78, 5) is 1.29. The third-order valence-electron chi connectivity index (χ3n) is 2.18. The molecule has 1 aliphatic rings.